The quantitative estimate of drug-likeness (QED) is 0.274. The van der Waals surface area contributed by atoms with Gasteiger partial charge in [-0.15, -0.1) is 0 Å². The van der Waals surface area contributed by atoms with Crippen LogP contribution in [0.15, 0.2) is 48.7 Å². The first-order valence-electron chi connectivity index (χ1n) is 17.9. The topological polar surface area (TPSA) is 77.7 Å². The monoisotopic (exact) mass is 636 g/mol. The number of alkyl halides is 2. The predicted molar refractivity (Wildman–Crippen MR) is 179 cm³/mol. The predicted octanol–water partition coefficient (Wildman–Crippen LogP) is 5.72. The average Bonchev–Trinajstić information content (AvgIpc) is 3.37. The van der Waals surface area contributed by atoms with Crippen molar-refractivity contribution in [3.63, 3.8) is 0 Å². The molecule has 0 radical (unpaired) electrons. The lowest BCUT2D eigenvalue weighted by Gasteiger charge is -2.48. The summed E-state index contributed by atoms with van der Waals surface area (Å²) in [4.78, 5) is 26.3. The van der Waals surface area contributed by atoms with Gasteiger partial charge in [0.05, 0.1) is 17.8 Å². The summed E-state index contributed by atoms with van der Waals surface area (Å²) in [5.41, 5.74) is 9.68. The van der Waals surface area contributed by atoms with Crippen molar-refractivity contribution in [2.75, 3.05) is 39.8 Å². The van der Waals surface area contributed by atoms with Gasteiger partial charge in [-0.1, -0.05) is 36.4 Å². The molecule has 2 aliphatic carbocycles. The smallest absolute Gasteiger partial charge is 0.248 e. The third-order valence-corrected chi connectivity index (χ3v) is 11.4. The highest BCUT2D eigenvalue weighted by Gasteiger charge is 2.46. The van der Waals surface area contributed by atoms with E-state index in [9.17, 15) is 13.6 Å². The molecule has 1 unspecified atom stereocenters. The number of carbonyl (C=O) groups is 1. The molecular weight excluding hydrogens is 582 g/mol. The van der Waals surface area contributed by atoms with E-state index in [0.717, 1.165) is 70.4 Å². The third kappa shape index (κ3) is 7.80. The minimum Gasteiger partial charge on any atom is -0.349 e. The molecule has 1 aromatic carbocycles. The number of likely N-dealkylation sites (tertiary alicyclic amines) is 1. The van der Waals surface area contributed by atoms with Gasteiger partial charge in [0.25, 0.3) is 0 Å². The van der Waals surface area contributed by atoms with Gasteiger partial charge in [-0.05, 0) is 102 Å². The molecule has 3 N–H and O–H groups in total. The Hall–Kier alpha value is -2.46. The lowest BCUT2D eigenvalue weighted by molar-refractivity contribution is -0.130. The number of piperazine rings is 1. The summed E-state index contributed by atoms with van der Waals surface area (Å²) in [6, 6.07) is 16.1. The number of halogens is 2. The Kier molecular flexibility index (Phi) is 11.0. The Bertz CT molecular complexity index is 1270. The average molecular weight is 637 g/mol. The largest absolute Gasteiger partial charge is 0.349 e. The summed E-state index contributed by atoms with van der Waals surface area (Å²) >= 11 is 0. The zero-order valence-corrected chi connectivity index (χ0v) is 27.6. The molecule has 252 valence electrons. The molecule has 2 saturated heterocycles. The minimum absolute atomic E-state index is 0.0712. The lowest BCUT2D eigenvalue weighted by atomic mass is 9.86. The summed E-state index contributed by atoms with van der Waals surface area (Å²) in [6.45, 7) is 4.73. The van der Waals surface area contributed by atoms with Crippen LogP contribution in [0.25, 0.3) is 0 Å². The van der Waals surface area contributed by atoms with Gasteiger partial charge in [0.1, 0.15) is 0 Å². The Morgan fingerprint density at radius 1 is 1.09 bits per heavy atom. The number of pyridine rings is 1. The number of nitrogens with zero attached hydrogens (tertiary/aromatic N) is 4. The van der Waals surface area contributed by atoms with E-state index in [1.807, 2.05) is 24.4 Å². The molecule has 0 spiro atoms. The molecule has 3 heterocycles. The fourth-order valence-corrected chi connectivity index (χ4v) is 8.84. The van der Waals surface area contributed by atoms with Crippen LogP contribution in [0, 0.1) is 5.92 Å². The van der Waals surface area contributed by atoms with Crippen molar-refractivity contribution in [2.24, 2.45) is 11.7 Å². The van der Waals surface area contributed by atoms with Crippen molar-refractivity contribution >= 4 is 5.91 Å². The fraction of sp³-hybridized carbons (Fsp3) is 0.676. The molecule has 3 fully saturated rings. The number of nitrogens with two attached hydrogens (primary N) is 1. The second-order valence-electron chi connectivity index (χ2n) is 14.4. The Labute approximate surface area is 274 Å². The van der Waals surface area contributed by atoms with Gasteiger partial charge in [0.15, 0.2) is 0 Å². The van der Waals surface area contributed by atoms with Crippen LogP contribution in [0.3, 0.4) is 0 Å². The van der Waals surface area contributed by atoms with E-state index in [1.165, 1.54) is 30.5 Å². The number of carbonyl (C=O) groups excluding carboxylic acids is 1. The van der Waals surface area contributed by atoms with Gasteiger partial charge in [0, 0.05) is 62.7 Å². The number of amides is 1. The van der Waals surface area contributed by atoms with Crippen LogP contribution in [0.4, 0.5) is 8.78 Å². The Balaban J connectivity index is 1.15. The molecule has 1 aromatic heterocycles. The standard InChI is InChI=1S/C37H54F2N6O/c1-43-25-30-14-15-32(34(43)26-44(23-6-5-21-40)33-13-7-11-28-12-8-22-41-35(28)33)45(30)24-18-31(27-9-3-2-4-10-27)42-36(46)29-16-19-37(38,39)20-17-29/h2-4,8-10,12,22,29-34H,5-7,11,13-21,23-26,40H2,1H3,(H,42,46)/t30-,31+,32+,33?,34-/m0/s1. The van der Waals surface area contributed by atoms with Crippen LogP contribution in [0.2, 0.25) is 0 Å². The highest BCUT2D eigenvalue weighted by atomic mass is 19.3. The molecule has 46 heavy (non-hydrogen) atoms. The van der Waals surface area contributed by atoms with Gasteiger partial charge in [0.2, 0.25) is 11.8 Å². The van der Waals surface area contributed by atoms with Crippen molar-refractivity contribution < 1.29 is 13.6 Å². The highest BCUT2D eigenvalue weighted by molar-refractivity contribution is 5.79. The van der Waals surface area contributed by atoms with E-state index in [4.69, 9.17) is 10.7 Å². The van der Waals surface area contributed by atoms with E-state index < -0.39 is 5.92 Å². The maximum atomic E-state index is 13.8. The molecular formula is C37H54F2N6O. The number of fused-ring (bicyclic) bond motifs is 3. The molecule has 5 atom stereocenters. The van der Waals surface area contributed by atoms with Gasteiger partial charge in [-0.3, -0.25) is 24.5 Å². The summed E-state index contributed by atoms with van der Waals surface area (Å²) in [5, 5.41) is 3.31. The molecule has 6 rings (SSSR count). The van der Waals surface area contributed by atoms with Crippen molar-refractivity contribution in [1.82, 2.24) is 25.0 Å². The Morgan fingerprint density at radius 2 is 1.89 bits per heavy atom. The number of nitrogens with one attached hydrogen (secondary N) is 1. The highest BCUT2D eigenvalue weighted by Crippen LogP contribution is 2.39. The normalized spacial score (nSPS) is 27.4. The summed E-state index contributed by atoms with van der Waals surface area (Å²) < 4.78 is 27.6. The number of rotatable bonds is 13. The summed E-state index contributed by atoms with van der Waals surface area (Å²) in [6.07, 6.45) is 10.9. The zero-order valence-electron chi connectivity index (χ0n) is 27.6. The molecule has 2 aliphatic heterocycles. The molecule has 1 amide bonds. The van der Waals surface area contributed by atoms with E-state index in [2.05, 4.69) is 51.3 Å². The third-order valence-electron chi connectivity index (χ3n) is 11.4. The van der Waals surface area contributed by atoms with E-state index in [-0.39, 0.29) is 43.6 Å². The number of hydrogen-bond donors (Lipinski definition) is 2. The van der Waals surface area contributed by atoms with Crippen LogP contribution < -0.4 is 11.1 Å². The number of aromatic nitrogens is 1. The number of aryl methyl sites for hydroxylation is 1. The van der Waals surface area contributed by atoms with Crippen molar-refractivity contribution in [3.05, 3.63) is 65.5 Å². The number of benzene rings is 1. The molecule has 4 aliphatic rings. The van der Waals surface area contributed by atoms with Gasteiger partial charge >= 0.3 is 0 Å². The van der Waals surface area contributed by atoms with Gasteiger partial charge in [-0.25, -0.2) is 8.78 Å². The maximum Gasteiger partial charge on any atom is 0.248 e. The van der Waals surface area contributed by atoms with E-state index in [1.54, 1.807) is 0 Å². The van der Waals surface area contributed by atoms with Gasteiger partial charge < -0.3 is 11.1 Å². The van der Waals surface area contributed by atoms with Crippen LogP contribution in [-0.4, -0.2) is 89.4 Å². The second-order valence-corrected chi connectivity index (χ2v) is 14.4. The number of unbranched alkanes of at least 4 members (excludes halogenated alkanes) is 1. The number of likely N-dealkylation sites (N-methyl/N-ethyl adjacent to an activating group) is 1. The first-order chi connectivity index (χ1) is 22.3. The second kappa shape index (κ2) is 15.2. The lowest BCUT2D eigenvalue weighted by Crippen LogP contribution is -2.62. The molecule has 7 nitrogen and oxygen atoms in total. The van der Waals surface area contributed by atoms with Crippen LogP contribution >= 0.6 is 0 Å². The van der Waals surface area contributed by atoms with Crippen LogP contribution in [0.1, 0.15) is 99.5 Å². The summed E-state index contributed by atoms with van der Waals surface area (Å²) in [7, 11) is 2.30. The maximum absolute atomic E-state index is 13.8. The Morgan fingerprint density at radius 3 is 2.67 bits per heavy atom. The van der Waals surface area contributed by atoms with Crippen molar-refractivity contribution in [3.8, 4) is 0 Å². The van der Waals surface area contributed by atoms with Crippen LogP contribution in [-0.2, 0) is 11.2 Å². The zero-order chi connectivity index (χ0) is 32.1. The van der Waals surface area contributed by atoms with Crippen molar-refractivity contribution in [1.29, 1.82) is 0 Å². The minimum atomic E-state index is -2.64. The van der Waals surface area contributed by atoms with E-state index in [0.29, 0.717) is 24.2 Å². The number of hydrogen-bond acceptors (Lipinski definition) is 6. The first-order valence-corrected chi connectivity index (χ1v) is 17.9. The van der Waals surface area contributed by atoms with Crippen molar-refractivity contribution in [2.45, 2.75) is 113 Å². The molecule has 2 bridgehead atoms. The molecule has 2 aromatic rings. The SMILES string of the molecule is CN1C[C@@H]2CC[C@H]([C@@H]1CN(CCCCN)C1CCCc3cccnc31)N2CC[C@@H](NC(=O)C1CCC(F)(F)CC1)c1ccccc1. The summed E-state index contributed by atoms with van der Waals surface area (Å²) in [5.74, 6) is -3.04. The van der Waals surface area contributed by atoms with Crippen LogP contribution in [0.5, 0.6) is 0 Å². The van der Waals surface area contributed by atoms with E-state index >= 15 is 0 Å². The molecule has 9 heteroatoms. The first kappa shape index (κ1) is 33.4. The fourth-order valence-electron chi connectivity index (χ4n) is 8.84. The van der Waals surface area contributed by atoms with Gasteiger partial charge in [-0.2, -0.15) is 0 Å². The molecule has 1 saturated carbocycles.